The number of rotatable bonds is 45. The number of amides is 12. The average Bonchev–Trinajstić information content (AvgIpc) is 1.66. The maximum atomic E-state index is 15.0. The van der Waals surface area contributed by atoms with Crippen LogP contribution in [0.5, 0.6) is 0 Å². The fourth-order valence-corrected chi connectivity index (χ4v) is 14.7. The SMILES string of the molecule is CSCC[C@H](NC(=O)[C@H](CC(C)C)NC(=O)[C@H](Cc1cnc[nH]1)NC(=O)CNC(=O)[C@@H](NC(=O)[C@H](C)NC(=O)[C@H](Cc1c[nH]c2ccccc12)NC(=O)[C@H](CCC(N)=O)NC(=O)C(Cc1ccc(-c2ccccc2)cc1)NC(=O)C1CCC(CNC(=O)CN2CCN(CC(=O)O)CCN(CC(=O)O)CCN(CC(=O)O)CC2)CC1)C(C)C)C(N)=O. The fourth-order valence-electron chi connectivity index (χ4n) is 14.3. The quantitative estimate of drug-likeness (QED) is 0.0227. The van der Waals surface area contributed by atoms with Crippen LogP contribution in [0.15, 0.2) is 97.6 Å². The number of aliphatic carboxylic acids is 3. The number of fused-ring (bicyclic) bond motifs is 1. The molecule has 0 spiro atoms. The third-order valence-corrected chi connectivity index (χ3v) is 21.7. The summed E-state index contributed by atoms with van der Waals surface area (Å²) in [6, 6.07) is 13.4. The summed E-state index contributed by atoms with van der Waals surface area (Å²) in [6.45, 7) is 8.56. The number of thioether (sulfide) groups is 1. The molecule has 0 radical (unpaired) electrons. The molecule has 2 aromatic heterocycles. The zero-order chi connectivity index (χ0) is 87.5. The number of nitrogens with two attached hydrogens (primary N) is 2. The van der Waals surface area contributed by atoms with Crippen LogP contribution in [-0.4, -0.2) is 291 Å². The number of carboxylic acids is 3. The molecule has 1 aliphatic carbocycles. The monoisotopic (exact) mass is 1690 g/mol. The molecule has 2 fully saturated rings. The van der Waals surface area contributed by atoms with E-state index in [4.69, 9.17) is 11.5 Å². The lowest BCUT2D eigenvalue weighted by atomic mass is 9.81. The second-order valence-corrected chi connectivity index (χ2v) is 32.3. The van der Waals surface area contributed by atoms with Crippen LogP contribution in [0.1, 0.15) is 103 Å². The minimum Gasteiger partial charge on any atom is -0.480 e. The molecular formula is C82H117N19O18S. The predicted molar refractivity (Wildman–Crippen MR) is 446 cm³/mol. The third-order valence-electron chi connectivity index (χ3n) is 21.0. The highest BCUT2D eigenvalue weighted by molar-refractivity contribution is 7.98. The molecule has 1 saturated carbocycles. The molecule has 120 heavy (non-hydrogen) atoms. The number of carboxylic acid groups (broad SMARTS) is 3. The highest BCUT2D eigenvalue weighted by Crippen LogP contribution is 2.30. The van der Waals surface area contributed by atoms with Crippen LogP contribution in [0, 0.1) is 23.7 Å². The molecule has 1 unspecified atom stereocenters. The van der Waals surface area contributed by atoms with Crippen LogP contribution in [-0.2, 0) is 91.2 Å². The minimum atomic E-state index is -1.57. The number of para-hydroxylation sites is 1. The van der Waals surface area contributed by atoms with E-state index in [1.165, 1.54) is 31.2 Å². The molecule has 1 aliphatic heterocycles. The molecule has 8 atom stereocenters. The highest BCUT2D eigenvalue weighted by atomic mass is 32.2. The molecule has 38 heteroatoms. The Kier molecular flexibility index (Phi) is 38.8. The first-order valence-electron chi connectivity index (χ1n) is 40.4. The Morgan fingerprint density at radius 2 is 1.02 bits per heavy atom. The molecule has 2 aliphatic rings. The van der Waals surface area contributed by atoms with Gasteiger partial charge in [0.25, 0.3) is 0 Å². The highest BCUT2D eigenvalue weighted by Gasteiger charge is 2.37. The van der Waals surface area contributed by atoms with Gasteiger partial charge >= 0.3 is 17.9 Å². The van der Waals surface area contributed by atoms with Crippen molar-refractivity contribution in [2.45, 2.75) is 154 Å². The van der Waals surface area contributed by atoms with E-state index in [1.54, 1.807) is 59.0 Å². The summed E-state index contributed by atoms with van der Waals surface area (Å²) in [5.74, 6) is -13.1. The van der Waals surface area contributed by atoms with Crippen molar-refractivity contribution in [3.05, 3.63) is 114 Å². The lowest BCUT2D eigenvalue weighted by molar-refractivity contribution is -0.140. The number of carbonyl (C=O) groups excluding carboxylic acids is 12. The smallest absolute Gasteiger partial charge is 0.317 e. The number of H-pyrrole nitrogens is 2. The van der Waals surface area contributed by atoms with Crippen molar-refractivity contribution in [3.63, 3.8) is 0 Å². The summed E-state index contributed by atoms with van der Waals surface area (Å²) in [5, 5.41) is 56.8. The second kappa shape index (κ2) is 48.6. The van der Waals surface area contributed by atoms with Crippen LogP contribution in [0.3, 0.4) is 0 Å². The summed E-state index contributed by atoms with van der Waals surface area (Å²) in [4.78, 5) is 220. The van der Waals surface area contributed by atoms with Crippen molar-refractivity contribution < 1.29 is 87.2 Å². The normalized spacial score (nSPS) is 17.3. The number of nitrogens with one attached hydrogen (secondary N) is 12. The third kappa shape index (κ3) is 32.8. The summed E-state index contributed by atoms with van der Waals surface area (Å²) in [7, 11) is 0. The zero-order valence-electron chi connectivity index (χ0n) is 68.8. The largest absolute Gasteiger partial charge is 0.480 e. The molecule has 3 aromatic carbocycles. The Balaban J connectivity index is 1.02. The van der Waals surface area contributed by atoms with Crippen molar-refractivity contribution in [1.29, 1.82) is 0 Å². The maximum Gasteiger partial charge on any atom is 0.317 e. The predicted octanol–water partition coefficient (Wildman–Crippen LogP) is -0.796. The Morgan fingerprint density at radius 3 is 1.57 bits per heavy atom. The Bertz CT molecular complexity index is 4250. The topological polar surface area (TPSA) is 547 Å². The molecule has 12 amide bonds. The van der Waals surface area contributed by atoms with Crippen molar-refractivity contribution in [1.82, 2.24) is 87.7 Å². The van der Waals surface area contributed by atoms with Gasteiger partial charge in [-0.25, -0.2) is 4.98 Å². The van der Waals surface area contributed by atoms with E-state index in [0.717, 1.165) is 11.1 Å². The summed E-state index contributed by atoms with van der Waals surface area (Å²) in [6.07, 6.45) is 7.24. The number of aromatic amines is 2. The van der Waals surface area contributed by atoms with Gasteiger partial charge in [0, 0.05) is 119 Å². The zero-order valence-corrected chi connectivity index (χ0v) is 69.6. The molecular weight excluding hydrogens is 1570 g/mol. The van der Waals surface area contributed by atoms with Crippen LogP contribution < -0.4 is 64.6 Å². The van der Waals surface area contributed by atoms with Gasteiger partial charge in [-0.3, -0.25) is 91.5 Å². The Morgan fingerprint density at radius 1 is 0.508 bits per heavy atom. The van der Waals surface area contributed by atoms with Gasteiger partial charge in [0.2, 0.25) is 70.9 Å². The first kappa shape index (κ1) is 95.8. The van der Waals surface area contributed by atoms with E-state index < -0.39 is 156 Å². The first-order valence-corrected chi connectivity index (χ1v) is 41.8. The van der Waals surface area contributed by atoms with Crippen molar-refractivity contribution in [2.75, 3.05) is 104 Å². The molecule has 3 heterocycles. The van der Waals surface area contributed by atoms with E-state index in [-0.39, 0.29) is 141 Å². The number of aromatic nitrogens is 3. The van der Waals surface area contributed by atoms with Crippen molar-refractivity contribution in [3.8, 4) is 11.1 Å². The number of hydrogen-bond acceptors (Lipinski definition) is 21. The van der Waals surface area contributed by atoms with Gasteiger partial charge in [0.1, 0.15) is 48.3 Å². The second-order valence-electron chi connectivity index (χ2n) is 31.3. The molecule has 654 valence electrons. The number of imidazole rings is 1. The molecule has 1 saturated heterocycles. The van der Waals surface area contributed by atoms with E-state index in [2.05, 4.69) is 68.1 Å². The Hall–Kier alpha value is -11.3. The maximum absolute atomic E-state index is 15.0. The lowest BCUT2D eigenvalue weighted by Crippen LogP contribution is -2.60. The lowest BCUT2D eigenvalue weighted by Gasteiger charge is -2.33. The van der Waals surface area contributed by atoms with Crippen molar-refractivity contribution >= 4 is 111 Å². The standard InChI is InChI=1S/C82H117N19O18S/c1-49(2)36-63(79(116)92-61(74(84)111)26-35-120-6)95-81(118)66(39-58-42-85-48-89-58)91-68(103)43-88-82(119)73(50(3)4)97-75(112)51(5)90-78(115)65(38-57-41-86-60-15-11-10-14-59(57)60)96-77(114)62(24-25-67(83)102)93-80(117)64(37-52-16-20-55(21-17-52)54-12-8-7-9-13-54)94-76(113)56-22-18-53(19-23-56)40-87-69(104)44-98-27-29-99(45-70(105)106)31-33-101(47-72(109)110)34-32-100(30-28-98)46-71(107)108/h7-17,20-21,41-42,48-51,53,56,61-66,73,86H,18-19,22-40,43-47H2,1-6H3,(H2,83,102)(H2,84,111)(H,85,89)(H,87,104)(H,88,119)(H,90,115)(H,91,103)(H,92,116)(H,93,117)(H,94,113)(H,95,118)(H,96,114)(H,97,112)(H,105,106)(H,107,108)(H,109,110)/t51-,53?,56?,61-,62-,63-,64?,65-,66-,73-/m0/s1. The summed E-state index contributed by atoms with van der Waals surface area (Å²) in [5.41, 5.74) is 15.4. The number of nitrogens with zero attached hydrogens (tertiary/aromatic N) is 5. The van der Waals surface area contributed by atoms with Crippen LogP contribution >= 0.6 is 11.8 Å². The molecule has 5 aromatic rings. The van der Waals surface area contributed by atoms with Gasteiger partial charge in [-0.2, -0.15) is 11.8 Å². The van der Waals surface area contributed by atoms with Gasteiger partial charge in [0.05, 0.1) is 39.1 Å². The van der Waals surface area contributed by atoms with Gasteiger partial charge < -0.3 is 89.9 Å². The van der Waals surface area contributed by atoms with Gasteiger partial charge in [-0.15, -0.1) is 0 Å². The Labute approximate surface area is 701 Å². The van der Waals surface area contributed by atoms with Crippen LogP contribution in [0.25, 0.3) is 22.0 Å². The number of hydrogen-bond donors (Lipinski definition) is 17. The first-order chi connectivity index (χ1) is 57.2. The van der Waals surface area contributed by atoms with Crippen LogP contribution in [0.2, 0.25) is 0 Å². The number of carbonyl (C=O) groups is 15. The summed E-state index contributed by atoms with van der Waals surface area (Å²) >= 11 is 1.45. The van der Waals surface area contributed by atoms with E-state index in [1.807, 2.05) is 79.6 Å². The van der Waals surface area contributed by atoms with Crippen molar-refractivity contribution in [2.24, 2.45) is 35.1 Å². The van der Waals surface area contributed by atoms with E-state index in [9.17, 15) is 82.4 Å². The molecule has 7 rings (SSSR count). The number of benzene rings is 3. The van der Waals surface area contributed by atoms with Gasteiger partial charge in [-0.1, -0.05) is 100 Å². The minimum absolute atomic E-state index is 0.0549. The number of primary amides is 2. The molecule has 19 N–H and O–H groups in total. The van der Waals surface area contributed by atoms with Gasteiger partial charge in [-0.05, 0) is 110 Å². The fraction of sp³-hybridized carbons (Fsp3) is 0.537. The summed E-state index contributed by atoms with van der Waals surface area (Å²) < 4.78 is 0. The van der Waals surface area contributed by atoms with Gasteiger partial charge in [0.15, 0.2) is 0 Å². The van der Waals surface area contributed by atoms with E-state index >= 15 is 4.79 Å². The van der Waals surface area contributed by atoms with Crippen LogP contribution in [0.4, 0.5) is 0 Å². The molecule has 0 bridgehead atoms. The van der Waals surface area contributed by atoms with E-state index in [0.29, 0.717) is 59.2 Å². The molecule has 37 nitrogen and oxygen atoms in total. The average molecular weight is 1690 g/mol.